The van der Waals surface area contributed by atoms with Gasteiger partial charge in [-0.05, 0) is 25.3 Å². The molecular formula is C15H23NO. The lowest BCUT2D eigenvalue weighted by molar-refractivity contribution is -0.0406. The van der Waals surface area contributed by atoms with Gasteiger partial charge < -0.3 is 10.5 Å². The first-order valence-corrected chi connectivity index (χ1v) is 6.73. The average molecular weight is 233 g/mol. The van der Waals surface area contributed by atoms with Gasteiger partial charge in [-0.2, -0.15) is 0 Å². The molecule has 0 saturated heterocycles. The number of benzene rings is 1. The van der Waals surface area contributed by atoms with Crippen molar-refractivity contribution in [2.24, 2.45) is 5.73 Å². The standard InChI is InChI=1S/C15H23NO/c1-12(16)15(13-8-4-2-5-9-13)17-14-10-6-3-7-11-14/h2,4-5,8-9,12,14-15H,3,6-7,10-11,16H2,1H3. The summed E-state index contributed by atoms with van der Waals surface area (Å²) in [7, 11) is 0. The molecule has 0 aromatic heterocycles. The molecule has 1 saturated carbocycles. The smallest absolute Gasteiger partial charge is 0.0976 e. The first-order valence-electron chi connectivity index (χ1n) is 6.73. The van der Waals surface area contributed by atoms with Crippen LogP contribution in [0.1, 0.15) is 50.7 Å². The summed E-state index contributed by atoms with van der Waals surface area (Å²) in [6.07, 6.45) is 6.77. The molecule has 0 amide bonds. The summed E-state index contributed by atoms with van der Waals surface area (Å²) < 4.78 is 6.21. The third kappa shape index (κ3) is 3.55. The lowest BCUT2D eigenvalue weighted by atomic mass is 9.96. The van der Waals surface area contributed by atoms with Gasteiger partial charge in [0.1, 0.15) is 0 Å². The maximum Gasteiger partial charge on any atom is 0.0976 e. The van der Waals surface area contributed by atoms with Crippen LogP contribution in [-0.2, 0) is 4.74 Å². The first kappa shape index (κ1) is 12.6. The van der Waals surface area contributed by atoms with Crippen LogP contribution in [0.15, 0.2) is 30.3 Å². The number of hydrogen-bond acceptors (Lipinski definition) is 2. The largest absolute Gasteiger partial charge is 0.369 e. The molecule has 2 nitrogen and oxygen atoms in total. The molecule has 0 bridgehead atoms. The molecule has 0 aliphatic heterocycles. The first-order chi connectivity index (χ1) is 8.27. The Labute approximate surface area is 104 Å². The summed E-state index contributed by atoms with van der Waals surface area (Å²) in [5.41, 5.74) is 7.26. The SMILES string of the molecule is CC(N)C(OC1CCCCC1)c1ccccc1. The van der Waals surface area contributed by atoms with Crippen LogP contribution in [0.2, 0.25) is 0 Å². The van der Waals surface area contributed by atoms with Crippen molar-refractivity contribution in [3.63, 3.8) is 0 Å². The van der Waals surface area contributed by atoms with Gasteiger partial charge in [-0.25, -0.2) is 0 Å². The Balaban J connectivity index is 2.02. The predicted octanol–water partition coefficient (Wildman–Crippen LogP) is 3.42. The molecule has 2 atom stereocenters. The zero-order valence-electron chi connectivity index (χ0n) is 10.6. The minimum Gasteiger partial charge on any atom is -0.369 e. The number of nitrogens with two attached hydrogens (primary N) is 1. The van der Waals surface area contributed by atoms with Crippen molar-refractivity contribution in [1.82, 2.24) is 0 Å². The molecule has 2 rings (SSSR count). The highest BCUT2D eigenvalue weighted by Gasteiger charge is 2.22. The topological polar surface area (TPSA) is 35.2 Å². The van der Waals surface area contributed by atoms with E-state index in [9.17, 15) is 0 Å². The van der Waals surface area contributed by atoms with E-state index in [2.05, 4.69) is 24.3 Å². The third-order valence-electron chi connectivity index (χ3n) is 3.50. The van der Waals surface area contributed by atoms with Crippen molar-refractivity contribution in [2.75, 3.05) is 0 Å². The summed E-state index contributed by atoms with van der Waals surface area (Å²) in [5, 5.41) is 0. The molecule has 1 aromatic rings. The average Bonchev–Trinajstić information content (AvgIpc) is 2.38. The van der Waals surface area contributed by atoms with Gasteiger partial charge in [0.25, 0.3) is 0 Å². The van der Waals surface area contributed by atoms with Crippen LogP contribution in [-0.4, -0.2) is 12.1 Å². The Morgan fingerprint density at radius 1 is 1.12 bits per heavy atom. The molecule has 94 valence electrons. The zero-order chi connectivity index (χ0) is 12.1. The van der Waals surface area contributed by atoms with E-state index in [1.165, 1.54) is 37.7 Å². The number of hydrogen-bond donors (Lipinski definition) is 1. The number of ether oxygens (including phenoxy) is 1. The van der Waals surface area contributed by atoms with Crippen LogP contribution in [0.4, 0.5) is 0 Å². The Morgan fingerprint density at radius 3 is 2.35 bits per heavy atom. The molecule has 2 N–H and O–H groups in total. The van der Waals surface area contributed by atoms with Crippen LogP contribution < -0.4 is 5.73 Å². The Bertz CT molecular complexity index is 317. The van der Waals surface area contributed by atoms with Crippen LogP contribution in [0.5, 0.6) is 0 Å². The van der Waals surface area contributed by atoms with Gasteiger partial charge in [0.2, 0.25) is 0 Å². The molecule has 2 unspecified atom stereocenters. The highest BCUT2D eigenvalue weighted by Crippen LogP contribution is 2.28. The van der Waals surface area contributed by atoms with Gasteiger partial charge in [-0.3, -0.25) is 0 Å². The van der Waals surface area contributed by atoms with Crippen molar-refractivity contribution in [3.05, 3.63) is 35.9 Å². The molecule has 2 heteroatoms. The lowest BCUT2D eigenvalue weighted by Gasteiger charge is -2.30. The van der Waals surface area contributed by atoms with Gasteiger partial charge in [-0.1, -0.05) is 49.6 Å². The van der Waals surface area contributed by atoms with Crippen LogP contribution in [0.3, 0.4) is 0 Å². The third-order valence-corrected chi connectivity index (χ3v) is 3.50. The summed E-state index contributed by atoms with van der Waals surface area (Å²) in [5.74, 6) is 0. The molecule has 1 aliphatic carbocycles. The summed E-state index contributed by atoms with van der Waals surface area (Å²) in [6, 6.07) is 10.4. The molecule has 0 radical (unpaired) electrons. The molecular weight excluding hydrogens is 210 g/mol. The Kier molecular flexibility index (Phi) is 4.57. The highest BCUT2D eigenvalue weighted by molar-refractivity contribution is 5.18. The van der Waals surface area contributed by atoms with E-state index in [0.717, 1.165) is 0 Å². The second-order valence-corrected chi connectivity index (χ2v) is 5.09. The van der Waals surface area contributed by atoms with E-state index in [0.29, 0.717) is 6.10 Å². The predicted molar refractivity (Wildman–Crippen MR) is 70.8 cm³/mol. The van der Waals surface area contributed by atoms with Crippen molar-refractivity contribution in [2.45, 2.75) is 57.3 Å². The monoisotopic (exact) mass is 233 g/mol. The molecule has 0 heterocycles. The van der Waals surface area contributed by atoms with E-state index >= 15 is 0 Å². The van der Waals surface area contributed by atoms with E-state index in [1.807, 2.05) is 13.0 Å². The van der Waals surface area contributed by atoms with Crippen LogP contribution in [0.25, 0.3) is 0 Å². The maximum atomic E-state index is 6.21. The van der Waals surface area contributed by atoms with Gasteiger partial charge in [0.15, 0.2) is 0 Å². The fourth-order valence-corrected chi connectivity index (χ4v) is 2.56. The lowest BCUT2D eigenvalue weighted by Crippen LogP contribution is -2.31. The van der Waals surface area contributed by atoms with Gasteiger partial charge in [0.05, 0.1) is 12.2 Å². The molecule has 1 fully saturated rings. The highest BCUT2D eigenvalue weighted by atomic mass is 16.5. The summed E-state index contributed by atoms with van der Waals surface area (Å²) >= 11 is 0. The molecule has 1 aliphatic rings. The quantitative estimate of drug-likeness (QED) is 0.864. The molecule has 0 spiro atoms. The maximum absolute atomic E-state index is 6.21. The summed E-state index contributed by atoms with van der Waals surface area (Å²) in [6.45, 7) is 2.03. The second kappa shape index (κ2) is 6.18. The van der Waals surface area contributed by atoms with Crippen molar-refractivity contribution in [1.29, 1.82) is 0 Å². The van der Waals surface area contributed by atoms with Crippen molar-refractivity contribution in [3.8, 4) is 0 Å². The Morgan fingerprint density at radius 2 is 1.76 bits per heavy atom. The van der Waals surface area contributed by atoms with Crippen molar-refractivity contribution < 1.29 is 4.74 Å². The fourth-order valence-electron chi connectivity index (χ4n) is 2.56. The van der Waals surface area contributed by atoms with E-state index in [-0.39, 0.29) is 12.1 Å². The van der Waals surface area contributed by atoms with E-state index in [1.54, 1.807) is 0 Å². The van der Waals surface area contributed by atoms with Gasteiger partial charge in [-0.15, -0.1) is 0 Å². The minimum atomic E-state index is 0.0410. The Hall–Kier alpha value is -0.860. The van der Waals surface area contributed by atoms with Gasteiger partial charge in [0, 0.05) is 6.04 Å². The zero-order valence-corrected chi connectivity index (χ0v) is 10.6. The normalized spacial score (nSPS) is 21.1. The summed E-state index contributed by atoms with van der Waals surface area (Å²) in [4.78, 5) is 0. The second-order valence-electron chi connectivity index (χ2n) is 5.09. The fraction of sp³-hybridized carbons (Fsp3) is 0.600. The van der Waals surface area contributed by atoms with E-state index < -0.39 is 0 Å². The number of rotatable bonds is 4. The van der Waals surface area contributed by atoms with Crippen molar-refractivity contribution >= 4 is 0 Å². The van der Waals surface area contributed by atoms with Gasteiger partial charge >= 0.3 is 0 Å². The molecule has 1 aromatic carbocycles. The van der Waals surface area contributed by atoms with E-state index in [4.69, 9.17) is 10.5 Å². The van der Waals surface area contributed by atoms with Crippen LogP contribution in [0, 0.1) is 0 Å². The van der Waals surface area contributed by atoms with Crippen LogP contribution >= 0.6 is 0 Å². The molecule has 17 heavy (non-hydrogen) atoms. The minimum absolute atomic E-state index is 0.0410.